The molecule has 1 fully saturated rings. The van der Waals surface area contributed by atoms with Crippen LogP contribution in [-0.4, -0.2) is 77.5 Å². The van der Waals surface area contributed by atoms with E-state index in [0.29, 0.717) is 6.21 Å². The fraction of sp³-hybridized carbons (Fsp3) is 0.500. The smallest absolute Gasteiger partial charge is 0.328 e. The molecule has 10 nitrogen and oxygen atoms in total. The highest BCUT2D eigenvalue weighted by Gasteiger charge is 2.29. The summed E-state index contributed by atoms with van der Waals surface area (Å²) in [4.78, 5) is 55.8. The van der Waals surface area contributed by atoms with Crippen molar-refractivity contribution in [3.8, 4) is 0 Å². The number of hydrogen-bond donors (Lipinski definition) is 4. The molecule has 0 spiro atoms. The highest BCUT2D eigenvalue weighted by molar-refractivity contribution is 6.26. The molecule has 0 bridgehead atoms. The zero-order valence-electron chi connectivity index (χ0n) is 20.8. The van der Waals surface area contributed by atoms with Crippen molar-refractivity contribution < 1.29 is 23.9 Å². The van der Waals surface area contributed by atoms with Crippen LogP contribution in [0, 0.1) is 5.41 Å². The molecule has 1 aromatic carbocycles. The minimum atomic E-state index is -1.08. The van der Waals surface area contributed by atoms with E-state index in [4.69, 9.17) is 10.1 Å². The number of para-hydroxylation sites is 1. The number of likely N-dealkylation sites (tertiary alicyclic amines) is 1. The molecule has 0 saturated carbocycles. The maximum atomic E-state index is 13.4. The normalized spacial score (nSPS) is 15.4. The molecule has 3 rings (SSSR count). The van der Waals surface area contributed by atoms with Gasteiger partial charge in [0.05, 0.1) is 18.9 Å². The minimum absolute atomic E-state index is 0.00691. The maximum absolute atomic E-state index is 13.4. The third-order valence-corrected chi connectivity index (χ3v) is 6.11. The number of hydrogen-bond acceptors (Lipinski definition) is 7. The number of carbonyl (C=O) groups is 4. The largest absolute Gasteiger partial charge is 0.461 e. The standard InChI is InChI=1S/C26H35N5O5/c1-17(2)36-26(35)22(10-9-19(32)14-27)30-25(34)23(29-24(33)16-31-11-5-6-12-31)13-18-15-28-21-8-4-3-7-20(18)21/h3-4,7-8,14-15,17,22-23,27-28H,5-6,9-13,16H2,1-2H3,(H,29,33)(H,30,34)/t22-,23-/m0/s1. The van der Waals surface area contributed by atoms with Gasteiger partial charge in [0, 0.05) is 29.9 Å². The zero-order chi connectivity index (χ0) is 26.1. The van der Waals surface area contributed by atoms with E-state index < -0.39 is 35.8 Å². The monoisotopic (exact) mass is 497 g/mol. The molecule has 2 atom stereocenters. The Bertz CT molecular complexity index is 1090. The van der Waals surface area contributed by atoms with Crippen LogP contribution in [0.4, 0.5) is 0 Å². The molecular weight excluding hydrogens is 462 g/mol. The quantitative estimate of drug-likeness (QED) is 0.245. The van der Waals surface area contributed by atoms with E-state index in [1.165, 1.54) is 0 Å². The highest BCUT2D eigenvalue weighted by atomic mass is 16.5. The first-order valence-corrected chi connectivity index (χ1v) is 12.4. The summed E-state index contributed by atoms with van der Waals surface area (Å²) in [6.45, 7) is 5.27. The number of aromatic amines is 1. The van der Waals surface area contributed by atoms with E-state index in [0.717, 1.165) is 42.4 Å². The van der Waals surface area contributed by atoms with Gasteiger partial charge in [0.2, 0.25) is 11.8 Å². The predicted octanol–water partition coefficient (Wildman–Crippen LogP) is 1.73. The van der Waals surface area contributed by atoms with Gasteiger partial charge in [-0.2, -0.15) is 0 Å². The predicted molar refractivity (Wildman–Crippen MR) is 136 cm³/mol. The van der Waals surface area contributed by atoms with Gasteiger partial charge in [-0.05, 0) is 57.8 Å². The average Bonchev–Trinajstić information content (AvgIpc) is 3.50. The van der Waals surface area contributed by atoms with Crippen LogP contribution in [0.5, 0.6) is 0 Å². The summed E-state index contributed by atoms with van der Waals surface area (Å²) in [6, 6.07) is 5.66. The van der Waals surface area contributed by atoms with E-state index in [1.54, 1.807) is 13.8 Å². The van der Waals surface area contributed by atoms with Crippen molar-refractivity contribution >= 4 is 40.7 Å². The van der Waals surface area contributed by atoms with Crippen LogP contribution >= 0.6 is 0 Å². The Kier molecular flexibility index (Phi) is 9.75. The lowest BCUT2D eigenvalue weighted by Crippen LogP contribution is -2.54. The Morgan fingerprint density at radius 3 is 2.53 bits per heavy atom. The molecule has 36 heavy (non-hydrogen) atoms. The highest BCUT2D eigenvalue weighted by Crippen LogP contribution is 2.19. The van der Waals surface area contributed by atoms with Crippen LogP contribution in [0.1, 0.15) is 45.1 Å². The SMILES string of the molecule is CC(C)OC(=O)[C@H](CCC(=O)C=N)NC(=O)[C@H](Cc1c[nH]c2ccccc12)NC(=O)CN1CCCC1. The second kappa shape index (κ2) is 13.0. The first-order chi connectivity index (χ1) is 17.3. The van der Waals surface area contributed by atoms with E-state index in [9.17, 15) is 19.2 Å². The summed E-state index contributed by atoms with van der Waals surface area (Å²) in [5.41, 5.74) is 1.77. The lowest BCUT2D eigenvalue weighted by atomic mass is 10.0. The van der Waals surface area contributed by atoms with Crippen molar-refractivity contribution in [3.63, 3.8) is 0 Å². The molecule has 4 N–H and O–H groups in total. The van der Waals surface area contributed by atoms with Crippen molar-refractivity contribution in [2.45, 2.75) is 64.1 Å². The Labute approximate surface area is 210 Å². The second-order valence-electron chi connectivity index (χ2n) is 9.36. The Morgan fingerprint density at radius 1 is 1.11 bits per heavy atom. The summed E-state index contributed by atoms with van der Waals surface area (Å²) in [7, 11) is 0. The van der Waals surface area contributed by atoms with Gasteiger partial charge in [0.15, 0.2) is 5.78 Å². The molecule has 2 amide bonds. The molecule has 2 heterocycles. The summed E-state index contributed by atoms with van der Waals surface area (Å²) >= 11 is 0. The third-order valence-electron chi connectivity index (χ3n) is 6.11. The van der Waals surface area contributed by atoms with Crippen LogP contribution in [0.3, 0.4) is 0 Å². The fourth-order valence-corrected chi connectivity index (χ4v) is 4.31. The van der Waals surface area contributed by atoms with Gasteiger partial charge in [-0.15, -0.1) is 0 Å². The number of esters is 1. The summed E-state index contributed by atoms with van der Waals surface area (Å²) < 4.78 is 5.27. The van der Waals surface area contributed by atoms with Crippen molar-refractivity contribution in [2.75, 3.05) is 19.6 Å². The molecule has 1 saturated heterocycles. The average molecular weight is 498 g/mol. The molecule has 194 valence electrons. The number of aromatic nitrogens is 1. The number of fused-ring (bicyclic) bond motifs is 1. The third kappa shape index (κ3) is 7.74. The van der Waals surface area contributed by atoms with Crippen molar-refractivity contribution in [2.24, 2.45) is 0 Å². The van der Waals surface area contributed by atoms with Crippen LogP contribution < -0.4 is 10.6 Å². The molecule has 1 aliphatic rings. The van der Waals surface area contributed by atoms with Gasteiger partial charge >= 0.3 is 5.97 Å². The van der Waals surface area contributed by atoms with Crippen LogP contribution in [0.2, 0.25) is 0 Å². The van der Waals surface area contributed by atoms with Gasteiger partial charge in [0.1, 0.15) is 12.1 Å². The second-order valence-corrected chi connectivity index (χ2v) is 9.36. The maximum Gasteiger partial charge on any atom is 0.328 e. The number of ketones is 1. The summed E-state index contributed by atoms with van der Waals surface area (Å²) in [5.74, 6) is -1.92. The van der Waals surface area contributed by atoms with E-state index >= 15 is 0 Å². The minimum Gasteiger partial charge on any atom is -0.461 e. The van der Waals surface area contributed by atoms with Crippen molar-refractivity contribution in [3.05, 3.63) is 36.0 Å². The molecule has 0 unspecified atom stereocenters. The van der Waals surface area contributed by atoms with Crippen molar-refractivity contribution in [1.29, 1.82) is 5.41 Å². The Hall–Kier alpha value is -3.53. The number of ether oxygens (including phenoxy) is 1. The first-order valence-electron chi connectivity index (χ1n) is 12.4. The van der Waals surface area contributed by atoms with Gasteiger partial charge in [-0.1, -0.05) is 18.2 Å². The molecule has 1 aromatic heterocycles. The van der Waals surface area contributed by atoms with E-state index in [2.05, 4.69) is 15.6 Å². The summed E-state index contributed by atoms with van der Waals surface area (Å²) in [6.07, 6.45) is 4.30. The number of nitrogens with one attached hydrogen (secondary N) is 4. The topological polar surface area (TPSA) is 144 Å². The molecule has 0 aliphatic carbocycles. The van der Waals surface area contributed by atoms with Crippen LogP contribution in [0.15, 0.2) is 30.5 Å². The first kappa shape index (κ1) is 27.1. The van der Waals surface area contributed by atoms with Crippen LogP contribution in [0.25, 0.3) is 10.9 Å². The number of rotatable bonds is 13. The number of benzene rings is 1. The lowest BCUT2D eigenvalue weighted by molar-refractivity contribution is -0.151. The fourth-order valence-electron chi connectivity index (χ4n) is 4.31. The van der Waals surface area contributed by atoms with Crippen LogP contribution in [-0.2, 0) is 30.3 Å². The van der Waals surface area contributed by atoms with Crippen molar-refractivity contribution in [1.82, 2.24) is 20.5 Å². The number of nitrogens with zero attached hydrogens (tertiary/aromatic N) is 1. The number of Topliss-reactive ketones (excluding diaryl/α,β-unsaturated/α-hetero) is 1. The molecule has 10 heteroatoms. The van der Waals surface area contributed by atoms with Gasteiger partial charge in [-0.3, -0.25) is 19.3 Å². The molecule has 1 aliphatic heterocycles. The molecule has 0 radical (unpaired) electrons. The Morgan fingerprint density at radius 2 is 1.83 bits per heavy atom. The summed E-state index contributed by atoms with van der Waals surface area (Å²) in [5, 5.41) is 13.6. The van der Waals surface area contributed by atoms with E-state index in [1.807, 2.05) is 35.4 Å². The van der Waals surface area contributed by atoms with Gasteiger partial charge in [-0.25, -0.2) is 4.79 Å². The van der Waals surface area contributed by atoms with Gasteiger partial charge in [0.25, 0.3) is 0 Å². The number of amides is 2. The number of carbonyl (C=O) groups excluding carboxylic acids is 4. The zero-order valence-corrected chi connectivity index (χ0v) is 20.8. The Balaban J connectivity index is 1.78. The lowest BCUT2D eigenvalue weighted by Gasteiger charge is -2.24. The molecular formula is C26H35N5O5. The van der Waals surface area contributed by atoms with E-state index in [-0.39, 0.29) is 31.7 Å². The molecule has 2 aromatic rings. The number of H-pyrrole nitrogens is 1. The van der Waals surface area contributed by atoms with Gasteiger partial charge < -0.3 is 25.8 Å².